The van der Waals surface area contributed by atoms with Gasteiger partial charge in [-0.05, 0) is 0 Å². The van der Waals surface area contributed by atoms with Gasteiger partial charge in [0.15, 0.2) is 0 Å². The first-order valence-electron chi connectivity index (χ1n) is 3.79. The predicted molar refractivity (Wildman–Crippen MR) is 46.6 cm³/mol. The molecule has 0 radical (unpaired) electrons. The number of imidazole rings is 1. The van der Waals surface area contributed by atoms with E-state index < -0.39 is 0 Å². The van der Waals surface area contributed by atoms with Gasteiger partial charge in [0, 0.05) is 12.0 Å². The quantitative estimate of drug-likeness (QED) is 0.602. The summed E-state index contributed by atoms with van der Waals surface area (Å²) in [6.45, 7) is 0. The summed E-state index contributed by atoms with van der Waals surface area (Å²) in [7, 11) is 0. The van der Waals surface area contributed by atoms with Crippen molar-refractivity contribution in [3.8, 4) is 5.69 Å². The molecule has 0 atom stereocenters. The maximum Gasteiger partial charge on any atom is 2.00 e. The predicted octanol–water partition coefficient (Wildman–Crippen LogP) is 1.28. The van der Waals surface area contributed by atoms with Gasteiger partial charge in [-0.15, -0.1) is 0 Å². The molecule has 68 valence electrons. The molecule has 14 heavy (non-hydrogen) atoms. The zero-order valence-electron chi connectivity index (χ0n) is 7.18. The van der Waals surface area contributed by atoms with Crippen LogP contribution in [0.4, 0.5) is 0 Å². The summed E-state index contributed by atoms with van der Waals surface area (Å²) in [6.07, 6.45) is 4.98. The summed E-state index contributed by atoms with van der Waals surface area (Å²) in [4.78, 5) is 14.1. The van der Waals surface area contributed by atoms with Crippen LogP contribution in [0.1, 0.15) is 10.5 Å². The molecule has 0 N–H and O–H groups in total. The second-order valence-electron chi connectivity index (χ2n) is 2.50. The van der Waals surface area contributed by atoms with Gasteiger partial charge >= 0.3 is 21.1 Å². The van der Waals surface area contributed by atoms with E-state index in [1.807, 2.05) is 18.2 Å². The molecule has 0 fully saturated rings. The van der Waals surface area contributed by atoms with Gasteiger partial charge in [0.1, 0.15) is 6.29 Å². The van der Waals surface area contributed by atoms with Crippen molar-refractivity contribution in [2.45, 2.75) is 0 Å². The molecule has 0 aliphatic rings. The van der Waals surface area contributed by atoms with Crippen molar-refractivity contribution in [1.82, 2.24) is 9.55 Å². The number of carbonyl (C=O) groups is 1. The van der Waals surface area contributed by atoms with E-state index in [9.17, 15) is 4.79 Å². The van der Waals surface area contributed by atoms with Crippen LogP contribution in [0, 0.1) is 12.4 Å². The van der Waals surface area contributed by atoms with Crippen LogP contribution < -0.4 is 0 Å². The minimum absolute atomic E-state index is 0. The van der Waals surface area contributed by atoms with Gasteiger partial charge in [0.05, 0.1) is 0 Å². The molecular formula is C10H6N2OW. The van der Waals surface area contributed by atoms with Gasteiger partial charge in [-0.25, -0.2) is 6.07 Å². The van der Waals surface area contributed by atoms with Crippen LogP contribution in [0.15, 0.2) is 30.5 Å². The summed E-state index contributed by atoms with van der Waals surface area (Å²) in [5, 5.41) is 0. The van der Waals surface area contributed by atoms with E-state index in [-0.39, 0.29) is 21.1 Å². The average molecular weight is 354 g/mol. The molecule has 0 aliphatic heterocycles. The summed E-state index contributed by atoms with van der Waals surface area (Å²) < 4.78 is 1.63. The molecular weight excluding hydrogens is 348 g/mol. The molecule has 4 heteroatoms. The van der Waals surface area contributed by atoms with E-state index in [0.29, 0.717) is 12.0 Å². The van der Waals surface area contributed by atoms with Crippen molar-refractivity contribution >= 4 is 6.29 Å². The fourth-order valence-corrected chi connectivity index (χ4v) is 1.02. The Hall–Kier alpha value is -1.21. The van der Waals surface area contributed by atoms with Gasteiger partial charge in [-0.3, -0.25) is 0 Å². The number of aldehydes is 1. The monoisotopic (exact) mass is 354 g/mol. The number of para-hydroxylation sites is 1. The Morgan fingerprint density at radius 1 is 1.43 bits per heavy atom. The Kier molecular flexibility index (Phi) is 3.78. The van der Waals surface area contributed by atoms with E-state index >= 15 is 0 Å². The summed E-state index contributed by atoms with van der Waals surface area (Å²) >= 11 is 0. The smallest absolute Gasteiger partial charge is 0.454 e. The van der Waals surface area contributed by atoms with Crippen molar-refractivity contribution in [3.05, 3.63) is 48.5 Å². The second-order valence-corrected chi connectivity index (χ2v) is 2.50. The molecule has 2 rings (SSSR count). The molecule has 1 heterocycles. The van der Waals surface area contributed by atoms with E-state index in [1.54, 1.807) is 16.8 Å². The van der Waals surface area contributed by atoms with Crippen molar-refractivity contribution in [3.63, 3.8) is 0 Å². The second kappa shape index (κ2) is 4.87. The normalized spacial score (nSPS) is 9.14. The van der Waals surface area contributed by atoms with Crippen LogP contribution in [0.2, 0.25) is 0 Å². The average Bonchev–Trinajstić information content (AvgIpc) is 2.67. The van der Waals surface area contributed by atoms with Gasteiger partial charge in [0.25, 0.3) is 0 Å². The molecule has 2 aromatic rings. The minimum atomic E-state index is 0. The molecule has 1 aromatic carbocycles. The number of rotatable bonds is 2. The molecule has 0 amide bonds. The van der Waals surface area contributed by atoms with Crippen molar-refractivity contribution in [1.29, 1.82) is 0 Å². The fourth-order valence-electron chi connectivity index (χ4n) is 1.02. The fraction of sp³-hybridized carbons (Fsp3) is 0. The first kappa shape index (κ1) is 10.9. The SMILES string of the molecule is O=Cc1cn(-c2[c-]cccc2)[c-]n1.[W+2]. The maximum atomic E-state index is 10.3. The summed E-state index contributed by atoms with van der Waals surface area (Å²) in [5.74, 6) is 0. The van der Waals surface area contributed by atoms with Gasteiger partial charge in [-0.2, -0.15) is 30.0 Å². The number of benzene rings is 1. The number of hydrogen-bond donors (Lipinski definition) is 0. The number of carbonyl (C=O) groups excluding carboxylic acids is 1. The molecule has 0 bridgehead atoms. The molecule has 1 aromatic heterocycles. The minimum Gasteiger partial charge on any atom is -0.454 e. The largest absolute Gasteiger partial charge is 2.00 e. The Bertz CT molecular complexity index is 411. The zero-order valence-corrected chi connectivity index (χ0v) is 10.1. The molecule has 0 aliphatic carbocycles. The van der Waals surface area contributed by atoms with Crippen LogP contribution in [-0.4, -0.2) is 15.8 Å². The van der Waals surface area contributed by atoms with E-state index in [4.69, 9.17) is 0 Å². The van der Waals surface area contributed by atoms with Crippen molar-refractivity contribution in [2.75, 3.05) is 0 Å². The number of hydrogen-bond acceptors (Lipinski definition) is 2. The van der Waals surface area contributed by atoms with Crippen molar-refractivity contribution < 1.29 is 25.9 Å². The van der Waals surface area contributed by atoms with E-state index in [2.05, 4.69) is 17.4 Å². The Morgan fingerprint density at radius 3 is 2.86 bits per heavy atom. The van der Waals surface area contributed by atoms with Gasteiger partial charge in [0.2, 0.25) is 0 Å². The Balaban J connectivity index is 0.000000980. The Labute approximate surface area is 96.0 Å². The van der Waals surface area contributed by atoms with E-state index in [0.717, 1.165) is 5.69 Å². The van der Waals surface area contributed by atoms with Crippen LogP contribution in [0.5, 0.6) is 0 Å². The Morgan fingerprint density at radius 2 is 2.29 bits per heavy atom. The van der Waals surface area contributed by atoms with Gasteiger partial charge in [-0.1, -0.05) is 6.20 Å². The van der Waals surface area contributed by atoms with Crippen LogP contribution in [0.25, 0.3) is 5.69 Å². The molecule has 0 saturated carbocycles. The summed E-state index contributed by atoms with van der Waals surface area (Å²) in [6, 6.07) is 10.4. The molecule has 0 unspecified atom stereocenters. The third kappa shape index (κ3) is 2.18. The first-order chi connectivity index (χ1) is 6.40. The van der Waals surface area contributed by atoms with Crippen LogP contribution in [0.3, 0.4) is 0 Å². The number of nitrogens with zero attached hydrogens (tertiary/aromatic N) is 2. The standard InChI is InChI=1S/C10H6N2O.W/c13-7-9-6-12(8-11-9)10-4-2-1-3-5-10;/h1-4,6-7H;/q-2;+2. The third-order valence-electron chi connectivity index (χ3n) is 1.62. The molecule has 0 spiro atoms. The summed E-state index contributed by atoms with van der Waals surface area (Å²) in [5.41, 5.74) is 1.19. The van der Waals surface area contributed by atoms with Crippen LogP contribution in [-0.2, 0) is 21.1 Å². The molecule has 0 saturated heterocycles. The third-order valence-corrected chi connectivity index (χ3v) is 1.62. The zero-order chi connectivity index (χ0) is 9.10. The van der Waals surface area contributed by atoms with Crippen LogP contribution >= 0.6 is 0 Å². The molecule has 3 nitrogen and oxygen atoms in total. The number of aromatic nitrogens is 2. The van der Waals surface area contributed by atoms with Gasteiger partial charge < -0.3 is 14.3 Å². The topological polar surface area (TPSA) is 34.9 Å². The maximum absolute atomic E-state index is 10.3. The van der Waals surface area contributed by atoms with E-state index in [1.165, 1.54) is 0 Å². The van der Waals surface area contributed by atoms with Crippen molar-refractivity contribution in [2.24, 2.45) is 0 Å². The first-order valence-corrected chi connectivity index (χ1v) is 3.79.